The van der Waals surface area contributed by atoms with Gasteiger partial charge < -0.3 is 11.5 Å². The number of nitrogen functional groups attached to an aromatic ring is 2. The second-order valence-corrected chi connectivity index (χ2v) is 2.64. The summed E-state index contributed by atoms with van der Waals surface area (Å²) >= 11 is 0. The molecule has 0 saturated heterocycles. The molecule has 0 radical (unpaired) electrons. The number of hydrogen-bond acceptors (Lipinski definition) is 4. The van der Waals surface area contributed by atoms with Crippen LogP contribution in [0.5, 0.6) is 0 Å². The Hall–Kier alpha value is -2.04. The zero-order valence-corrected chi connectivity index (χ0v) is 6.77. The summed E-state index contributed by atoms with van der Waals surface area (Å²) < 4.78 is 1.35. The predicted molar refractivity (Wildman–Crippen MR) is 50.3 cm³/mol. The Labute approximate surface area is 73.6 Å². The van der Waals surface area contributed by atoms with E-state index in [4.69, 9.17) is 11.5 Å². The molecule has 4 N–H and O–H groups in total. The van der Waals surface area contributed by atoms with Gasteiger partial charge in [-0.05, 0) is 12.1 Å². The van der Waals surface area contributed by atoms with E-state index in [1.54, 1.807) is 24.4 Å². The lowest BCUT2D eigenvalue weighted by Crippen LogP contribution is -2.20. The highest BCUT2D eigenvalue weighted by molar-refractivity contribution is 5.60. The molecule has 5 nitrogen and oxygen atoms in total. The fourth-order valence-corrected chi connectivity index (χ4v) is 1.12. The molecule has 2 heterocycles. The summed E-state index contributed by atoms with van der Waals surface area (Å²) in [6.45, 7) is 0. The number of aromatic nitrogens is 2. The van der Waals surface area contributed by atoms with Crippen LogP contribution in [0.1, 0.15) is 0 Å². The third-order valence-corrected chi connectivity index (χ3v) is 1.80. The molecule has 0 aliphatic carbocycles. The van der Waals surface area contributed by atoms with Gasteiger partial charge in [0.1, 0.15) is 11.3 Å². The molecule has 2 aromatic heterocycles. The molecule has 0 bridgehead atoms. The van der Waals surface area contributed by atoms with Crippen molar-refractivity contribution < 1.29 is 0 Å². The Morgan fingerprint density at radius 2 is 2.08 bits per heavy atom. The number of rotatable bonds is 0. The number of fused-ring (bicyclic) bond motifs is 1. The molecule has 0 aliphatic rings. The van der Waals surface area contributed by atoms with Crippen molar-refractivity contribution in [2.75, 3.05) is 11.5 Å². The Morgan fingerprint density at radius 3 is 2.85 bits per heavy atom. The third kappa shape index (κ3) is 1.01. The molecule has 2 rings (SSSR count). The molecule has 0 amide bonds. The van der Waals surface area contributed by atoms with Crippen LogP contribution in [0.4, 0.5) is 11.5 Å². The molecular weight excluding hydrogens is 168 g/mol. The fourth-order valence-electron chi connectivity index (χ4n) is 1.12. The topological polar surface area (TPSA) is 86.4 Å². The predicted octanol–water partition coefficient (Wildman–Crippen LogP) is -0.141. The number of nitrogens with zero attached hydrogens (tertiary/aromatic N) is 2. The SMILES string of the molecule is Nc1nc2ccccn2c(=O)c1N. The largest absolute Gasteiger partial charge is 0.391 e. The number of hydrogen-bond donors (Lipinski definition) is 2. The maximum atomic E-state index is 11.5. The Bertz CT molecular complexity index is 517. The van der Waals surface area contributed by atoms with Crippen LogP contribution >= 0.6 is 0 Å². The van der Waals surface area contributed by atoms with Crippen LogP contribution in [0.25, 0.3) is 5.65 Å². The quantitative estimate of drug-likeness (QED) is 0.584. The maximum absolute atomic E-state index is 11.5. The van der Waals surface area contributed by atoms with Crippen molar-refractivity contribution in [3.05, 3.63) is 34.7 Å². The van der Waals surface area contributed by atoms with Crippen LogP contribution in [0.15, 0.2) is 29.2 Å². The first kappa shape index (κ1) is 7.60. The van der Waals surface area contributed by atoms with Gasteiger partial charge in [-0.1, -0.05) is 6.07 Å². The number of anilines is 2. The van der Waals surface area contributed by atoms with Crippen molar-refractivity contribution >= 4 is 17.2 Å². The second kappa shape index (κ2) is 2.48. The normalized spacial score (nSPS) is 10.5. The minimum absolute atomic E-state index is 0.0105. The van der Waals surface area contributed by atoms with Crippen LogP contribution < -0.4 is 17.0 Å². The lowest BCUT2D eigenvalue weighted by Gasteiger charge is -2.02. The van der Waals surface area contributed by atoms with E-state index >= 15 is 0 Å². The molecule has 0 spiro atoms. The molecule has 0 fully saturated rings. The summed E-state index contributed by atoms with van der Waals surface area (Å²) in [7, 11) is 0. The van der Waals surface area contributed by atoms with Gasteiger partial charge in [0, 0.05) is 6.20 Å². The fraction of sp³-hybridized carbons (Fsp3) is 0. The van der Waals surface area contributed by atoms with E-state index in [0.717, 1.165) is 0 Å². The standard InChI is InChI=1S/C8H8N4O/c9-6-7(10)11-5-3-1-2-4-12(5)8(6)13/h1-4H,9-10H2. The van der Waals surface area contributed by atoms with Gasteiger partial charge in [-0.2, -0.15) is 0 Å². The van der Waals surface area contributed by atoms with E-state index in [1.165, 1.54) is 4.40 Å². The first-order chi connectivity index (χ1) is 6.20. The third-order valence-electron chi connectivity index (χ3n) is 1.80. The summed E-state index contributed by atoms with van der Waals surface area (Å²) in [5.41, 5.74) is 11.0. The maximum Gasteiger partial charge on any atom is 0.283 e. The first-order valence-electron chi connectivity index (χ1n) is 3.72. The van der Waals surface area contributed by atoms with E-state index in [0.29, 0.717) is 5.65 Å². The zero-order chi connectivity index (χ0) is 9.42. The van der Waals surface area contributed by atoms with Crippen LogP contribution in [0, 0.1) is 0 Å². The minimum Gasteiger partial charge on any atom is -0.391 e. The van der Waals surface area contributed by atoms with Crippen molar-refractivity contribution in [2.24, 2.45) is 0 Å². The summed E-state index contributed by atoms with van der Waals surface area (Å²) in [4.78, 5) is 15.4. The van der Waals surface area contributed by atoms with Gasteiger partial charge in [-0.3, -0.25) is 9.20 Å². The van der Waals surface area contributed by atoms with Crippen molar-refractivity contribution in [2.45, 2.75) is 0 Å². The molecule has 66 valence electrons. The Kier molecular flexibility index (Phi) is 1.45. The smallest absolute Gasteiger partial charge is 0.283 e. The van der Waals surface area contributed by atoms with Crippen LogP contribution in [-0.2, 0) is 0 Å². The molecule has 0 aliphatic heterocycles. The molecule has 0 aromatic carbocycles. The average Bonchev–Trinajstić information content (AvgIpc) is 2.15. The Morgan fingerprint density at radius 1 is 1.31 bits per heavy atom. The van der Waals surface area contributed by atoms with E-state index in [2.05, 4.69) is 4.98 Å². The van der Waals surface area contributed by atoms with Crippen molar-refractivity contribution in [3.63, 3.8) is 0 Å². The molecule has 0 atom stereocenters. The van der Waals surface area contributed by atoms with Gasteiger partial charge >= 0.3 is 0 Å². The van der Waals surface area contributed by atoms with Crippen LogP contribution in [-0.4, -0.2) is 9.38 Å². The summed E-state index contributed by atoms with van der Waals surface area (Å²) in [5.74, 6) is 0.0798. The van der Waals surface area contributed by atoms with Crippen molar-refractivity contribution in [1.29, 1.82) is 0 Å². The molecule has 5 heteroatoms. The van der Waals surface area contributed by atoms with Gasteiger partial charge in [-0.15, -0.1) is 0 Å². The summed E-state index contributed by atoms with van der Waals surface area (Å²) in [5, 5.41) is 0. The van der Waals surface area contributed by atoms with Gasteiger partial charge in [0.15, 0.2) is 5.82 Å². The average molecular weight is 176 g/mol. The van der Waals surface area contributed by atoms with E-state index in [-0.39, 0.29) is 17.1 Å². The summed E-state index contributed by atoms with van der Waals surface area (Å²) in [6, 6.07) is 5.19. The van der Waals surface area contributed by atoms with Gasteiger partial charge in [0.2, 0.25) is 0 Å². The van der Waals surface area contributed by atoms with Gasteiger partial charge in [0.05, 0.1) is 0 Å². The molecule has 0 unspecified atom stereocenters. The highest BCUT2D eigenvalue weighted by Crippen LogP contribution is 2.06. The van der Waals surface area contributed by atoms with E-state index in [1.807, 2.05) is 0 Å². The highest BCUT2D eigenvalue weighted by atomic mass is 16.1. The van der Waals surface area contributed by atoms with Gasteiger partial charge in [-0.25, -0.2) is 4.98 Å². The van der Waals surface area contributed by atoms with Gasteiger partial charge in [0.25, 0.3) is 5.56 Å². The van der Waals surface area contributed by atoms with E-state index < -0.39 is 0 Å². The van der Waals surface area contributed by atoms with Crippen LogP contribution in [0.2, 0.25) is 0 Å². The zero-order valence-electron chi connectivity index (χ0n) is 6.77. The first-order valence-corrected chi connectivity index (χ1v) is 3.72. The van der Waals surface area contributed by atoms with E-state index in [9.17, 15) is 4.79 Å². The minimum atomic E-state index is -0.330. The second-order valence-electron chi connectivity index (χ2n) is 2.64. The highest BCUT2D eigenvalue weighted by Gasteiger charge is 2.04. The molecule has 13 heavy (non-hydrogen) atoms. The van der Waals surface area contributed by atoms with Crippen LogP contribution in [0.3, 0.4) is 0 Å². The lowest BCUT2D eigenvalue weighted by molar-refractivity contribution is 1.06. The van der Waals surface area contributed by atoms with Crippen molar-refractivity contribution in [3.8, 4) is 0 Å². The number of pyridine rings is 1. The molecule has 0 saturated carbocycles. The summed E-state index contributed by atoms with van der Waals surface area (Å²) in [6.07, 6.45) is 1.60. The monoisotopic (exact) mass is 176 g/mol. The Balaban J connectivity index is 3.03. The number of nitrogens with two attached hydrogens (primary N) is 2. The molecular formula is C8H8N4O. The molecule has 2 aromatic rings. The lowest BCUT2D eigenvalue weighted by atomic mass is 10.4. The van der Waals surface area contributed by atoms with Crippen molar-refractivity contribution in [1.82, 2.24) is 9.38 Å².